The molecular formula is C26H33BrFN3O7S. The summed E-state index contributed by atoms with van der Waals surface area (Å²) in [5.41, 5.74) is 0.263. The van der Waals surface area contributed by atoms with Crippen molar-refractivity contribution in [2.45, 2.75) is 63.9 Å². The van der Waals surface area contributed by atoms with Crippen LogP contribution in [0.15, 0.2) is 27.5 Å². The molecule has 1 saturated carbocycles. The maximum atomic E-state index is 14.9. The Kier molecular flexibility index (Phi) is 8.46. The summed E-state index contributed by atoms with van der Waals surface area (Å²) >= 11 is 3.22. The minimum absolute atomic E-state index is 0.00169. The number of halogens is 2. The van der Waals surface area contributed by atoms with Gasteiger partial charge in [-0.3, -0.25) is 19.0 Å². The molecule has 2 aromatic rings. The lowest BCUT2D eigenvalue weighted by atomic mass is 9.99. The monoisotopic (exact) mass is 629 g/mol. The first-order valence-corrected chi connectivity index (χ1v) is 15.0. The van der Waals surface area contributed by atoms with E-state index in [2.05, 4.69) is 20.7 Å². The van der Waals surface area contributed by atoms with Gasteiger partial charge in [0, 0.05) is 29.5 Å². The lowest BCUT2D eigenvalue weighted by molar-refractivity contribution is 0.0858. The van der Waals surface area contributed by atoms with E-state index >= 15 is 0 Å². The summed E-state index contributed by atoms with van der Waals surface area (Å²) in [6.45, 7) is 5.05. The van der Waals surface area contributed by atoms with Crippen molar-refractivity contribution in [3.05, 3.63) is 55.5 Å². The van der Waals surface area contributed by atoms with E-state index in [-0.39, 0.29) is 79.5 Å². The number of pyridine rings is 1. The summed E-state index contributed by atoms with van der Waals surface area (Å²) in [6.07, 6.45) is -1.71. The average molecular weight is 631 g/mol. The van der Waals surface area contributed by atoms with E-state index in [1.807, 2.05) is 13.8 Å². The fourth-order valence-electron chi connectivity index (χ4n) is 4.82. The number of rotatable bonds is 10. The molecule has 0 saturated heterocycles. The maximum absolute atomic E-state index is 14.9. The second kappa shape index (κ2) is 11.2. The predicted molar refractivity (Wildman–Crippen MR) is 148 cm³/mol. The zero-order chi connectivity index (χ0) is 28.7. The standard InChI is InChI=1S/C26H33BrFN3O7S/c1-15(2)14-38-25(35)31-9-8-30-23(31)22(29-39(36,37)26(6-7-26)12-19(33)13-32)20(16(3)24(30)34)10-17-4-5-18(27)11-21(17)28/h4-5,11,15,19,29,32-33H,6-10,12-14H2,1-3H3. The summed E-state index contributed by atoms with van der Waals surface area (Å²) < 4.78 is 50.9. The second-order valence-corrected chi connectivity index (χ2v) is 13.6. The molecule has 39 heavy (non-hydrogen) atoms. The topological polar surface area (TPSA) is 138 Å². The fraction of sp³-hybridized carbons (Fsp3) is 0.538. The minimum Gasteiger partial charge on any atom is -0.449 e. The molecule has 1 aromatic carbocycles. The Morgan fingerprint density at radius 3 is 2.56 bits per heavy atom. The van der Waals surface area contributed by atoms with Crippen molar-refractivity contribution < 1.29 is 32.6 Å². The van der Waals surface area contributed by atoms with Crippen molar-refractivity contribution in [1.29, 1.82) is 0 Å². The third kappa shape index (κ3) is 5.86. The Hall–Kier alpha value is -2.48. The van der Waals surface area contributed by atoms with Crippen LogP contribution in [0.2, 0.25) is 0 Å². The van der Waals surface area contributed by atoms with Crippen LogP contribution >= 0.6 is 15.9 Å². The molecule has 214 valence electrons. The number of fused-ring (bicyclic) bond motifs is 1. The number of carbonyl (C=O) groups is 1. The number of aliphatic hydroxyl groups is 2. The first kappa shape index (κ1) is 29.5. The molecule has 0 spiro atoms. The van der Waals surface area contributed by atoms with E-state index in [9.17, 15) is 32.6 Å². The molecule has 1 aliphatic heterocycles. The van der Waals surface area contributed by atoms with Crippen LogP contribution in [-0.2, 0) is 27.7 Å². The van der Waals surface area contributed by atoms with Crippen LogP contribution in [0.3, 0.4) is 0 Å². The highest BCUT2D eigenvalue weighted by molar-refractivity contribution is 9.10. The van der Waals surface area contributed by atoms with Gasteiger partial charge in [-0.15, -0.1) is 0 Å². The molecule has 2 heterocycles. The number of amides is 1. The number of nitrogens with zero attached hydrogens (tertiary/aromatic N) is 2. The molecule has 1 fully saturated rings. The minimum atomic E-state index is -4.18. The van der Waals surface area contributed by atoms with Gasteiger partial charge in [0.2, 0.25) is 10.0 Å². The molecule has 1 aromatic heterocycles. The number of hydrogen-bond donors (Lipinski definition) is 3. The van der Waals surface area contributed by atoms with Crippen molar-refractivity contribution in [1.82, 2.24) is 4.57 Å². The molecule has 4 rings (SSSR count). The predicted octanol–water partition coefficient (Wildman–Crippen LogP) is 3.28. The number of sulfonamides is 1. The number of aliphatic hydroxyl groups excluding tert-OH is 2. The van der Waals surface area contributed by atoms with Crippen LogP contribution in [0.1, 0.15) is 49.8 Å². The zero-order valence-corrected chi connectivity index (χ0v) is 24.4. The van der Waals surface area contributed by atoms with Gasteiger partial charge < -0.3 is 14.9 Å². The first-order chi connectivity index (χ1) is 18.3. The van der Waals surface area contributed by atoms with Crippen molar-refractivity contribution in [3.63, 3.8) is 0 Å². The van der Waals surface area contributed by atoms with Gasteiger partial charge in [-0.2, -0.15) is 0 Å². The highest BCUT2D eigenvalue weighted by Gasteiger charge is 2.56. The number of aromatic nitrogens is 1. The SMILES string of the molecule is Cc1c(Cc2ccc(Br)cc2F)c(NS(=O)(=O)C2(CC(O)CO)CC2)c2n(c1=O)CCN2C(=O)OCC(C)C. The quantitative estimate of drug-likeness (QED) is 0.367. The van der Waals surface area contributed by atoms with Gasteiger partial charge in [0.1, 0.15) is 11.6 Å². The Bertz CT molecular complexity index is 1440. The van der Waals surface area contributed by atoms with E-state index in [0.717, 1.165) is 0 Å². The van der Waals surface area contributed by atoms with E-state index < -0.39 is 45.0 Å². The molecule has 2 aliphatic rings. The third-order valence-electron chi connectivity index (χ3n) is 7.18. The van der Waals surface area contributed by atoms with Crippen LogP contribution in [-0.4, -0.2) is 59.9 Å². The molecule has 0 radical (unpaired) electrons. The van der Waals surface area contributed by atoms with Gasteiger partial charge in [0.25, 0.3) is 5.56 Å². The Balaban J connectivity index is 1.87. The molecule has 1 atom stereocenters. The van der Waals surface area contributed by atoms with Crippen molar-refractivity contribution in [2.24, 2.45) is 5.92 Å². The number of ether oxygens (including phenoxy) is 1. The molecule has 10 nitrogen and oxygen atoms in total. The Morgan fingerprint density at radius 2 is 1.97 bits per heavy atom. The molecule has 1 unspecified atom stereocenters. The normalized spacial score (nSPS) is 16.8. The zero-order valence-electron chi connectivity index (χ0n) is 22.0. The summed E-state index contributed by atoms with van der Waals surface area (Å²) in [4.78, 5) is 27.7. The summed E-state index contributed by atoms with van der Waals surface area (Å²) in [5, 5.41) is 19.3. The van der Waals surface area contributed by atoms with E-state index in [4.69, 9.17) is 4.74 Å². The van der Waals surface area contributed by atoms with Crippen LogP contribution < -0.4 is 15.2 Å². The Labute approximate surface area is 235 Å². The van der Waals surface area contributed by atoms with E-state index in [1.165, 1.54) is 21.6 Å². The average Bonchev–Trinajstić information content (AvgIpc) is 3.53. The smallest absolute Gasteiger partial charge is 0.415 e. The summed E-state index contributed by atoms with van der Waals surface area (Å²) in [7, 11) is -4.18. The highest BCUT2D eigenvalue weighted by Crippen LogP contribution is 2.49. The van der Waals surface area contributed by atoms with E-state index in [0.29, 0.717) is 4.47 Å². The third-order valence-corrected chi connectivity index (χ3v) is 9.86. The largest absolute Gasteiger partial charge is 0.449 e. The van der Waals surface area contributed by atoms with Crippen molar-refractivity contribution in [3.8, 4) is 0 Å². The van der Waals surface area contributed by atoms with Gasteiger partial charge in [-0.1, -0.05) is 35.8 Å². The van der Waals surface area contributed by atoms with Crippen LogP contribution in [0.5, 0.6) is 0 Å². The van der Waals surface area contributed by atoms with Gasteiger partial charge in [-0.05, 0) is 55.4 Å². The van der Waals surface area contributed by atoms with Crippen LogP contribution in [0, 0.1) is 18.7 Å². The van der Waals surface area contributed by atoms with E-state index in [1.54, 1.807) is 13.0 Å². The molecule has 13 heteroatoms. The number of carbonyl (C=O) groups excluding carboxylic acids is 1. The number of benzene rings is 1. The number of nitrogens with one attached hydrogen (secondary N) is 1. The summed E-state index contributed by atoms with van der Waals surface area (Å²) in [6, 6.07) is 4.46. The maximum Gasteiger partial charge on any atom is 0.415 e. The fourth-order valence-corrected chi connectivity index (χ4v) is 6.90. The molecule has 1 amide bonds. The lowest BCUT2D eigenvalue weighted by Gasteiger charge is -2.26. The van der Waals surface area contributed by atoms with Crippen molar-refractivity contribution in [2.75, 3.05) is 29.4 Å². The molecule has 3 N–H and O–H groups in total. The highest BCUT2D eigenvalue weighted by atomic mass is 79.9. The second-order valence-electron chi connectivity index (χ2n) is 10.6. The van der Waals surface area contributed by atoms with Crippen molar-refractivity contribution >= 4 is 43.6 Å². The van der Waals surface area contributed by atoms with Gasteiger partial charge >= 0.3 is 6.09 Å². The number of hydrogen-bond acceptors (Lipinski definition) is 7. The summed E-state index contributed by atoms with van der Waals surface area (Å²) in [5.74, 6) is -0.455. The Morgan fingerprint density at radius 1 is 1.28 bits per heavy atom. The van der Waals surface area contributed by atoms with Crippen LogP contribution in [0.25, 0.3) is 0 Å². The molecule has 0 bridgehead atoms. The van der Waals surface area contributed by atoms with Gasteiger partial charge in [-0.25, -0.2) is 17.6 Å². The van der Waals surface area contributed by atoms with Crippen LogP contribution in [0.4, 0.5) is 20.7 Å². The molecule has 1 aliphatic carbocycles. The lowest BCUT2D eigenvalue weighted by Crippen LogP contribution is -2.37. The van der Waals surface area contributed by atoms with Gasteiger partial charge in [0.15, 0.2) is 0 Å². The van der Waals surface area contributed by atoms with Gasteiger partial charge in [0.05, 0.1) is 29.8 Å². The first-order valence-electron chi connectivity index (χ1n) is 12.8. The number of anilines is 2. The molecular weight excluding hydrogens is 597 g/mol.